The summed E-state index contributed by atoms with van der Waals surface area (Å²) in [7, 11) is 0. The topological polar surface area (TPSA) is 99.0 Å². The molecule has 0 spiro atoms. The van der Waals surface area contributed by atoms with Crippen LogP contribution < -0.4 is 16.3 Å². The quantitative estimate of drug-likeness (QED) is 0.621. The Balaban J connectivity index is 1.88. The van der Waals surface area contributed by atoms with E-state index in [1.54, 1.807) is 0 Å². The Kier molecular flexibility index (Phi) is 4.80. The maximum absolute atomic E-state index is 11.5. The van der Waals surface area contributed by atoms with E-state index in [4.69, 9.17) is 4.74 Å². The predicted molar refractivity (Wildman–Crippen MR) is 89.3 cm³/mol. The molecule has 2 rings (SSSR count). The van der Waals surface area contributed by atoms with Gasteiger partial charge in [-0.05, 0) is 48.8 Å². The number of H-pyrrole nitrogens is 2. The van der Waals surface area contributed by atoms with E-state index in [9.17, 15) is 9.59 Å². The maximum atomic E-state index is 11.5. The monoisotopic (exact) mass is 370 g/mol. The molecule has 0 aliphatic rings. The summed E-state index contributed by atoms with van der Waals surface area (Å²) in [5, 5.41) is 5.85. The number of carbonyl (C=O) groups excluding carboxylic acids is 1. The molecule has 1 aromatic heterocycles. The van der Waals surface area contributed by atoms with Gasteiger partial charge in [0.2, 0.25) is 0 Å². The molecule has 8 heteroatoms. The lowest BCUT2D eigenvalue weighted by atomic mass is 10.2. The van der Waals surface area contributed by atoms with Crippen LogP contribution in [0.1, 0.15) is 20.8 Å². The van der Waals surface area contributed by atoms with Gasteiger partial charge in [-0.2, -0.15) is 0 Å². The molecule has 2 aromatic rings. The van der Waals surface area contributed by atoms with Crippen LogP contribution in [0.25, 0.3) is 11.0 Å². The smallest absolute Gasteiger partial charge is 0.407 e. The largest absolute Gasteiger partial charge is 0.444 e. The van der Waals surface area contributed by atoms with Crippen LogP contribution in [-0.4, -0.2) is 34.8 Å². The Morgan fingerprint density at radius 3 is 2.50 bits per heavy atom. The van der Waals surface area contributed by atoms with Crippen molar-refractivity contribution in [3.63, 3.8) is 0 Å². The standard InChI is InChI=1S/C14H19BrN4O3/c1-14(2,3)22-13(21)17-5-4-16-9-7-11-10(6-8(9)15)18-12(20)19-11/h6-7,16H,4-5H2,1-3H3,(H,17,21)(H2,18,19,20). The van der Waals surface area contributed by atoms with E-state index in [2.05, 4.69) is 36.5 Å². The molecular weight excluding hydrogens is 352 g/mol. The number of halogens is 1. The Morgan fingerprint density at radius 1 is 1.23 bits per heavy atom. The summed E-state index contributed by atoms with van der Waals surface area (Å²) in [5.41, 5.74) is 1.52. The molecule has 7 nitrogen and oxygen atoms in total. The Morgan fingerprint density at radius 2 is 1.86 bits per heavy atom. The second-order valence-corrected chi connectivity index (χ2v) is 6.67. The average Bonchev–Trinajstić information content (AvgIpc) is 2.71. The predicted octanol–water partition coefficient (Wildman–Crippen LogP) is 2.56. The number of fused-ring (bicyclic) bond motifs is 1. The van der Waals surface area contributed by atoms with Crippen LogP contribution in [0, 0.1) is 0 Å². The maximum Gasteiger partial charge on any atom is 0.407 e. The lowest BCUT2D eigenvalue weighted by molar-refractivity contribution is 0.0530. The molecule has 0 saturated heterocycles. The summed E-state index contributed by atoms with van der Waals surface area (Å²) in [6.45, 7) is 6.39. The number of carbonyl (C=O) groups is 1. The highest BCUT2D eigenvalue weighted by atomic mass is 79.9. The molecular formula is C14H19BrN4O3. The molecule has 0 atom stereocenters. The average molecular weight is 371 g/mol. The zero-order valence-corrected chi connectivity index (χ0v) is 14.3. The first-order chi connectivity index (χ1) is 10.2. The van der Waals surface area contributed by atoms with Crippen LogP contribution in [0.4, 0.5) is 10.5 Å². The third kappa shape index (κ3) is 4.52. The normalized spacial score (nSPS) is 11.5. The van der Waals surface area contributed by atoms with Crippen molar-refractivity contribution >= 4 is 38.7 Å². The Hall–Kier alpha value is -1.96. The van der Waals surface area contributed by atoms with Crippen molar-refractivity contribution in [3.8, 4) is 0 Å². The highest BCUT2D eigenvalue weighted by Gasteiger charge is 2.15. The number of ether oxygens (including phenoxy) is 1. The van der Waals surface area contributed by atoms with E-state index in [-0.39, 0.29) is 5.69 Å². The fourth-order valence-corrected chi connectivity index (χ4v) is 2.35. The molecule has 1 amide bonds. The van der Waals surface area contributed by atoms with Crippen molar-refractivity contribution in [1.29, 1.82) is 0 Å². The molecule has 1 aromatic carbocycles. The minimum atomic E-state index is -0.508. The molecule has 22 heavy (non-hydrogen) atoms. The van der Waals surface area contributed by atoms with E-state index < -0.39 is 11.7 Å². The highest BCUT2D eigenvalue weighted by molar-refractivity contribution is 9.10. The zero-order valence-electron chi connectivity index (χ0n) is 12.7. The van der Waals surface area contributed by atoms with Crippen LogP contribution in [0.3, 0.4) is 0 Å². The van der Waals surface area contributed by atoms with E-state index in [1.807, 2.05) is 32.9 Å². The van der Waals surface area contributed by atoms with Crippen molar-refractivity contribution in [1.82, 2.24) is 15.3 Å². The minimum absolute atomic E-state index is 0.245. The fraction of sp³-hybridized carbons (Fsp3) is 0.429. The number of hydrogen-bond acceptors (Lipinski definition) is 4. The lowest BCUT2D eigenvalue weighted by Crippen LogP contribution is -2.35. The van der Waals surface area contributed by atoms with Crippen molar-refractivity contribution in [2.75, 3.05) is 18.4 Å². The first-order valence-electron chi connectivity index (χ1n) is 6.87. The van der Waals surface area contributed by atoms with Crippen LogP contribution in [0.5, 0.6) is 0 Å². The van der Waals surface area contributed by atoms with Crippen LogP contribution in [0.2, 0.25) is 0 Å². The van der Waals surface area contributed by atoms with Gasteiger partial charge < -0.3 is 25.3 Å². The third-order valence-electron chi connectivity index (χ3n) is 2.71. The van der Waals surface area contributed by atoms with Gasteiger partial charge in [0.05, 0.1) is 16.7 Å². The van der Waals surface area contributed by atoms with E-state index in [0.29, 0.717) is 13.1 Å². The summed E-state index contributed by atoms with van der Waals surface area (Å²) < 4.78 is 5.97. The molecule has 0 aliphatic heterocycles. The van der Waals surface area contributed by atoms with Crippen molar-refractivity contribution < 1.29 is 9.53 Å². The van der Waals surface area contributed by atoms with Gasteiger partial charge in [-0.25, -0.2) is 9.59 Å². The molecule has 120 valence electrons. The third-order valence-corrected chi connectivity index (χ3v) is 3.37. The molecule has 0 aliphatic carbocycles. The van der Waals surface area contributed by atoms with Crippen molar-refractivity contribution in [2.45, 2.75) is 26.4 Å². The number of rotatable bonds is 4. The number of imidazole rings is 1. The number of alkyl carbamates (subject to hydrolysis) is 1. The molecule has 0 radical (unpaired) electrons. The van der Waals surface area contributed by atoms with Gasteiger partial charge in [0.25, 0.3) is 0 Å². The van der Waals surface area contributed by atoms with Crippen LogP contribution in [-0.2, 0) is 4.74 Å². The second-order valence-electron chi connectivity index (χ2n) is 5.81. The number of aromatic nitrogens is 2. The number of hydrogen-bond donors (Lipinski definition) is 4. The van der Waals surface area contributed by atoms with Gasteiger partial charge in [-0.15, -0.1) is 0 Å². The fourth-order valence-electron chi connectivity index (χ4n) is 1.87. The number of amides is 1. The summed E-state index contributed by atoms with van der Waals surface area (Å²) in [5.74, 6) is 0. The summed E-state index contributed by atoms with van der Waals surface area (Å²) in [6.07, 6.45) is -0.446. The van der Waals surface area contributed by atoms with Crippen LogP contribution >= 0.6 is 15.9 Å². The molecule has 0 bridgehead atoms. The van der Waals surface area contributed by atoms with Gasteiger partial charge in [0, 0.05) is 17.6 Å². The van der Waals surface area contributed by atoms with E-state index in [1.165, 1.54) is 0 Å². The number of nitrogens with one attached hydrogen (secondary N) is 4. The highest BCUT2D eigenvalue weighted by Crippen LogP contribution is 2.26. The molecule has 1 heterocycles. The molecule has 0 unspecified atom stereocenters. The van der Waals surface area contributed by atoms with Gasteiger partial charge >= 0.3 is 11.8 Å². The van der Waals surface area contributed by atoms with Gasteiger partial charge in [-0.1, -0.05) is 0 Å². The molecule has 0 saturated carbocycles. The van der Waals surface area contributed by atoms with Gasteiger partial charge in [0.15, 0.2) is 0 Å². The zero-order chi connectivity index (χ0) is 16.3. The van der Waals surface area contributed by atoms with Crippen LogP contribution in [0.15, 0.2) is 21.4 Å². The SMILES string of the molecule is CC(C)(C)OC(=O)NCCNc1cc2[nH]c(=O)[nH]c2cc1Br. The number of aromatic amines is 2. The van der Waals surface area contributed by atoms with Gasteiger partial charge in [-0.3, -0.25) is 0 Å². The Labute approximate surface area is 136 Å². The van der Waals surface area contributed by atoms with E-state index in [0.717, 1.165) is 21.2 Å². The van der Waals surface area contributed by atoms with Crippen molar-refractivity contribution in [2.24, 2.45) is 0 Å². The second kappa shape index (κ2) is 6.43. The summed E-state index contributed by atoms with van der Waals surface area (Å²) in [4.78, 5) is 28.1. The van der Waals surface area contributed by atoms with E-state index >= 15 is 0 Å². The minimum Gasteiger partial charge on any atom is -0.444 e. The summed E-state index contributed by atoms with van der Waals surface area (Å²) >= 11 is 3.44. The lowest BCUT2D eigenvalue weighted by Gasteiger charge is -2.19. The molecule has 0 fully saturated rings. The summed E-state index contributed by atoms with van der Waals surface area (Å²) in [6, 6.07) is 3.64. The number of anilines is 1. The Bertz CT molecular complexity index is 730. The molecule has 4 N–H and O–H groups in total. The number of benzene rings is 1. The first-order valence-corrected chi connectivity index (χ1v) is 7.66. The van der Waals surface area contributed by atoms with Crippen molar-refractivity contribution in [3.05, 3.63) is 27.1 Å². The first kappa shape index (κ1) is 16.4. The van der Waals surface area contributed by atoms with Gasteiger partial charge in [0.1, 0.15) is 5.60 Å².